The number of benzene rings is 8. The van der Waals surface area contributed by atoms with Crippen LogP contribution in [0, 0.1) is 0 Å². The predicted octanol–water partition coefficient (Wildman–Crippen LogP) is 13.2. The fraction of sp³-hybridized carbons (Fsp3) is 0. The summed E-state index contributed by atoms with van der Waals surface area (Å²) in [6.07, 6.45) is 0. The average molecular weight is 746 g/mol. The normalized spacial score (nSPS) is 12.1. The van der Waals surface area contributed by atoms with Gasteiger partial charge in [0.05, 0.1) is 16.7 Å². The number of rotatable bonds is 5. The minimum absolute atomic E-state index is 0.633. The third-order valence-electron chi connectivity index (χ3n) is 11.1. The molecule has 5 nitrogen and oxygen atoms in total. The standard InChI is InChI=1S/C51H31N5S/c1-3-16-33(17-4-1)48-52-49(54-50(53-48)39-25-12-18-32-15-7-8-23-37(32)39)35-20-11-19-34(31-35)38-24-13-28-42-45(38)46-40-26-14-30-44-47(40)56(41-27-9-10-29-43(41)57-44)51(46)55(42)36-21-5-2-6-22-36/h1-31H. The molecule has 4 heterocycles. The molecule has 3 aromatic heterocycles. The Balaban J connectivity index is 1.12. The first kappa shape index (κ1) is 32.0. The van der Waals surface area contributed by atoms with Crippen molar-refractivity contribution in [2.45, 2.75) is 9.79 Å². The van der Waals surface area contributed by atoms with Crippen molar-refractivity contribution < 1.29 is 0 Å². The van der Waals surface area contributed by atoms with E-state index < -0.39 is 0 Å². The number of aromatic nitrogens is 5. The zero-order valence-corrected chi connectivity index (χ0v) is 31.4. The Labute approximate surface area is 332 Å². The maximum Gasteiger partial charge on any atom is 0.164 e. The second-order valence-electron chi connectivity index (χ2n) is 14.4. The molecule has 0 unspecified atom stereocenters. The van der Waals surface area contributed by atoms with Crippen LogP contribution in [0.5, 0.6) is 0 Å². The van der Waals surface area contributed by atoms with Crippen molar-refractivity contribution >= 4 is 55.4 Å². The summed E-state index contributed by atoms with van der Waals surface area (Å²) in [5.74, 6) is 1.93. The lowest BCUT2D eigenvalue weighted by Gasteiger charge is -2.21. The van der Waals surface area contributed by atoms with Crippen LogP contribution in [0.3, 0.4) is 0 Å². The molecular formula is C51H31N5S. The summed E-state index contributed by atoms with van der Waals surface area (Å²) in [5.41, 5.74) is 11.0. The van der Waals surface area contributed by atoms with Gasteiger partial charge in [0.2, 0.25) is 0 Å². The van der Waals surface area contributed by atoms with E-state index in [1.54, 1.807) is 0 Å². The molecular weight excluding hydrogens is 715 g/mol. The van der Waals surface area contributed by atoms with Crippen molar-refractivity contribution in [3.63, 3.8) is 0 Å². The summed E-state index contributed by atoms with van der Waals surface area (Å²) >= 11 is 1.85. The van der Waals surface area contributed by atoms with Gasteiger partial charge in [0, 0.05) is 48.3 Å². The predicted molar refractivity (Wildman–Crippen MR) is 234 cm³/mol. The fourth-order valence-corrected chi connectivity index (χ4v) is 9.78. The molecule has 0 radical (unpaired) electrons. The van der Waals surface area contributed by atoms with Gasteiger partial charge in [0.15, 0.2) is 17.5 Å². The second-order valence-corrected chi connectivity index (χ2v) is 15.5. The number of nitrogens with zero attached hydrogens (tertiary/aromatic N) is 5. The second kappa shape index (κ2) is 12.6. The third-order valence-corrected chi connectivity index (χ3v) is 12.3. The minimum Gasteiger partial charge on any atom is -0.295 e. The molecule has 0 N–H and O–H groups in total. The Hall–Kier alpha value is -7.28. The first-order valence-corrected chi connectivity index (χ1v) is 19.9. The zero-order valence-electron chi connectivity index (χ0n) is 30.5. The van der Waals surface area contributed by atoms with Gasteiger partial charge in [0.1, 0.15) is 5.65 Å². The van der Waals surface area contributed by atoms with Crippen LogP contribution in [0.25, 0.3) is 100 Å². The fourth-order valence-electron chi connectivity index (χ4n) is 8.69. The van der Waals surface area contributed by atoms with Crippen LogP contribution >= 0.6 is 11.8 Å². The lowest BCUT2D eigenvalue weighted by molar-refractivity contribution is 1.03. The summed E-state index contributed by atoms with van der Waals surface area (Å²) in [4.78, 5) is 17.9. The van der Waals surface area contributed by atoms with Crippen molar-refractivity contribution in [1.29, 1.82) is 0 Å². The van der Waals surface area contributed by atoms with Gasteiger partial charge < -0.3 is 0 Å². The molecule has 1 aliphatic heterocycles. The van der Waals surface area contributed by atoms with E-state index in [1.807, 2.05) is 30.0 Å². The van der Waals surface area contributed by atoms with Gasteiger partial charge in [-0.15, -0.1) is 0 Å². The Morgan fingerprint density at radius 3 is 1.91 bits per heavy atom. The zero-order chi connectivity index (χ0) is 37.5. The van der Waals surface area contributed by atoms with E-state index in [0.717, 1.165) is 49.8 Å². The van der Waals surface area contributed by atoms with Gasteiger partial charge >= 0.3 is 0 Å². The van der Waals surface area contributed by atoms with E-state index in [-0.39, 0.29) is 0 Å². The molecule has 8 aromatic carbocycles. The van der Waals surface area contributed by atoms with Gasteiger partial charge in [-0.1, -0.05) is 157 Å². The summed E-state index contributed by atoms with van der Waals surface area (Å²) in [7, 11) is 0. The van der Waals surface area contributed by atoms with Crippen LogP contribution in [-0.2, 0) is 0 Å². The molecule has 0 atom stereocenters. The highest BCUT2D eigenvalue weighted by Crippen LogP contribution is 2.51. The van der Waals surface area contributed by atoms with E-state index in [2.05, 4.69) is 179 Å². The van der Waals surface area contributed by atoms with Gasteiger partial charge in [-0.05, 0) is 64.4 Å². The molecule has 0 spiro atoms. The summed E-state index contributed by atoms with van der Waals surface area (Å²) in [5, 5.41) is 5.96. The summed E-state index contributed by atoms with van der Waals surface area (Å²) < 4.78 is 4.94. The molecule has 0 aliphatic carbocycles. The van der Waals surface area contributed by atoms with Crippen molar-refractivity contribution in [3.8, 4) is 56.7 Å². The SMILES string of the molecule is c1ccc(-c2nc(-c3cccc(-c4cccc5c4c4c6cccc7c6n(c4n5-c4ccccc4)-c4ccccc4S7)c3)nc(-c3cccc4ccccc34)n2)cc1. The van der Waals surface area contributed by atoms with Gasteiger partial charge in [-0.3, -0.25) is 9.13 Å². The summed E-state index contributed by atoms with van der Waals surface area (Å²) in [6.45, 7) is 0. The van der Waals surface area contributed by atoms with Crippen LogP contribution in [0.1, 0.15) is 0 Å². The van der Waals surface area contributed by atoms with Crippen LogP contribution < -0.4 is 0 Å². The first-order valence-electron chi connectivity index (χ1n) is 19.1. The molecule has 12 rings (SSSR count). The van der Waals surface area contributed by atoms with E-state index in [4.69, 9.17) is 15.0 Å². The highest BCUT2D eigenvalue weighted by atomic mass is 32.2. The molecule has 0 saturated heterocycles. The van der Waals surface area contributed by atoms with Gasteiger partial charge in [-0.25, -0.2) is 15.0 Å². The van der Waals surface area contributed by atoms with E-state index in [0.29, 0.717) is 17.5 Å². The minimum atomic E-state index is 0.633. The van der Waals surface area contributed by atoms with Gasteiger partial charge in [-0.2, -0.15) is 0 Å². The lowest BCUT2D eigenvalue weighted by atomic mass is 9.97. The number of hydrogen-bond acceptors (Lipinski definition) is 4. The van der Waals surface area contributed by atoms with Crippen LogP contribution in [-0.4, -0.2) is 24.1 Å². The smallest absolute Gasteiger partial charge is 0.164 e. The van der Waals surface area contributed by atoms with Crippen molar-refractivity contribution in [3.05, 3.63) is 188 Å². The van der Waals surface area contributed by atoms with Crippen molar-refractivity contribution in [2.24, 2.45) is 0 Å². The quantitative estimate of drug-likeness (QED) is 0.176. The number of hydrogen-bond donors (Lipinski definition) is 0. The number of fused-ring (bicyclic) bond motifs is 8. The molecule has 266 valence electrons. The van der Waals surface area contributed by atoms with Crippen LogP contribution in [0.4, 0.5) is 0 Å². The maximum absolute atomic E-state index is 5.20. The van der Waals surface area contributed by atoms with Gasteiger partial charge in [0.25, 0.3) is 0 Å². The maximum atomic E-state index is 5.20. The molecule has 6 heteroatoms. The number of para-hydroxylation sites is 3. The molecule has 0 saturated carbocycles. The Morgan fingerprint density at radius 1 is 0.404 bits per heavy atom. The molecule has 57 heavy (non-hydrogen) atoms. The molecule has 0 amide bonds. The van der Waals surface area contributed by atoms with E-state index in [9.17, 15) is 0 Å². The monoisotopic (exact) mass is 745 g/mol. The Morgan fingerprint density at radius 2 is 1.02 bits per heavy atom. The van der Waals surface area contributed by atoms with Crippen LogP contribution in [0.15, 0.2) is 198 Å². The topological polar surface area (TPSA) is 48.5 Å². The highest BCUT2D eigenvalue weighted by Gasteiger charge is 2.29. The Kier molecular flexibility index (Phi) is 7.09. The van der Waals surface area contributed by atoms with E-state index >= 15 is 0 Å². The average Bonchev–Trinajstić information content (AvgIpc) is 3.81. The summed E-state index contributed by atoms with van der Waals surface area (Å²) in [6, 6.07) is 66.6. The third kappa shape index (κ3) is 4.94. The Bertz CT molecular complexity index is 3380. The largest absolute Gasteiger partial charge is 0.295 e. The molecule has 11 aromatic rings. The molecule has 0 bridgehead atoms. The van der Waals surface area contributed by atoms with E-state index in [1.165, 1.54) is 42.8 Å². The molecule has 0 fully saturated rings. The van der Waals surface area contributed by atoms with Crippen molar-refractivity contribution in [2.75, 3.05) is 0 Å². The lowest BCUT2D eigenvalue weighted by Crippen LogP contribution is -2.05. The first-order chi connectivity index (χ1) is 28.3. The van der Waals surface area contributed by atoms with Crippen LogP contribution in [0.2, 0.25) is 0 Å². The highest BCUT2D eigenvalue weighted by molar-refractivity contribution is 7.99. The molecule has 1 aliphatic rings. The van der Waals surface area contributed by atoms with Crippen molar-refractivity contribution in [1.82, 2.24) is 24.1 Å².